The Kier molecular flexibility index (Phi) is 3.88. The minimum absolute atomic E-state index is 0.0156. The molecule has 0 atom stereocenters. The number of carbonyl (C=O) groups is 2. The van der Waals surface area contributed by atoms with Crippen molar-refractivity contribution in [3.05, 3.63) is 24.3 Å². The first-order chi connectivity index (χ1) is 5.13. The summed E-state index contributed by atoms with van der Waals surface area (Å²) < 4.78 is 4.57. The van der Waals surface area contributed by atoms with Gasteiger partial charge in [0.1, 0.15) is 6.29 Å². The highest BCUT2D eigenvalue weighted by Crippen LogP contribution is 2.03. The second kappa shape index (κ2) is 4.44. The second-order valence-electron chi connectivity index (χ2n) is 1.84. The van der Waals surface area contributed by atoms with Gasteiger partial charge in [0, 0.05) is 5.57 Å². The summed E-state index contributed by atoms with van der Waals surface area (Å²) in [5, 5.41) is 0. The highest BCUT2D eigenvalue weighted by molar-refractivity contribution is 6.00. The van der Waals surface area contributed by atoms with Crippen LogP contribution in [0.2, 0.25) is 0 Å². The summed E-state index contributed by atoms with van der Waals surface area (Å²) in [7, 11) is 0. The first-order valence-corrected chi connectivity index (χ1v) is 3.14. The van der Waals surface area contributed by atoms with E-state index >= 15 is 0 Å². The third-order valence-corrected chi connectivity index (χ3v) is 1.05. The summed E-state index contributed by atoms with van der Waals surface area (Å²) in [6.45, 7) is 8.59. The van der Waals surface area contributed by atoms with E-state index in [9.17, 15) is 9.59 Å². The fraction of sp³-hybridized carbons (Fsp3) is 0.250. The maximum Gasteiger partial charge on any atom is 0.338 e. The molecule has 11 heavy (non-hydrogen) atoms. The highest BCUT2D eigenvalue weighted by atomic mass is 16.5. The molecule has 0 rings (SSSR count). The van der Waals surface area contributed by atoms with Crippen LogP contribution in [0.15, 0.2) is 24.3 Å². The summed E-state index contributed by atoms with van der Waals surface area (Å²) >= 11 is 0. The topological polar surface area (TPSA) is 43.4 Å². The van der Waals surface area contributed by atoms with E-state index in [1.165, 1.54) is 0 Å². The molecule has 0 amide bonds. The Bertz CT molecular complexity index is 203. The van der Waals surface area contributed by atoms with E-state index < -0.39 is 5.97 Å². The predicted octanol–water partition coefficient (Wildman–Crippen LogP) is 0.861. The maximum atomic E-state index is 10.8. The largest absolute Gasteiger partial charge is 0.462 e. The highest BCUT2D eigenvalue weighted by Gasteiger charge is 2.09. The normalized spacial score (nSPS) is 8.45. The van der Waals surface area contributed by atoms with Crippen LogP contribution in [0.4, 0.5) is 0 Å². The smallest absolute Gasteiger partial charge is 0.338 e. The number of esters is 1. The van der Waals surface area contributed by atoms with Gasteiger partial charge in [0.25, 0.3) is 0 Å². The predicted molar refractivity (Wildman–Crippen MR) is 41.0 cm³/mol. The van der Waals surface area contributed by atoms with Crippen molar-refractivity contribution in [2.75, 3.05) is 6.61 Å². The molecule has 3 heteroatoms. The van der Waals surface area contributed by atoms with Gasteiger partial charge in [-0.3, -0.25) is 4.79 Å². The van der Waals surface area contributed by atoms with Crippen molar-refractivity contribution in [3.8, 4) is 0 Å². The van der Waals surface area contributed by atoms with Crippen LogP contribution in [-0.2, 0) is 14.3 Å². The van der Waals surface area contributed by atoms with Gasteiger partial charge in [0.2, 0.25) is 0 Å². The Balaban J connectivity index is 4.13. The molecule has 3 nitrogen and oxygen atoms in total. The molecule has 0 aromatic carbocycles. The third-order valence-electron chi connectivity index (χ3n) is 1.05. The standard InChI is InChI=1S/C8H10O3/c1-4-11-8(10)7(3)6(2)5-9/h5H,2-4H2,1H3. The van der Waals surface area contributed by atoms with Gasteiger partial charge in [0.05, 0.1) is 12.2 Å². The van der Waals surface area contributed by atoms with E-state index in [2.05, 4.69) is 17.9 Å². The van der Waals surface area contributed by atoms with Gasteiger partial charge in [-0.05, 0) is 6.92 Å². The van der Waals surface area contributed by atoms with E-state index in [4.69, 9.17) is 0 Å². The first kappa shape index (κ1) is 9.62. The minimum atomic E-state index is -0.593. The molecule has 0 heterocycles. The Morgan fingerprint density at radius 3 is 2.45 bits per heavy atom. The summed E-state index contributed by atoms with van der Waals surface area (Å²) in [4.78, 5) is 20.9. The lowest BCUT2D eigenvalue weighted by Crippen LogP contribution is -2.08. The molecule has 0 aromatic heterocycles. The van der Waals surface area contributed by atoms with E-state index in [0.29, 0.717) is 6.29 Å². The Hall–Kier alpha value is -1.38. The van der Waals surface area contributed by atoms with Crippen LogP contribution in [0.1, 0.15) is 6.92 Å². The average molecular weight is 154 g/mol. The molecule has 0 radical (unpaired) electrons. The summed E-state index contributed by atoms with van der Waals surface area (Å²) in [5.74, 6) is -0.593. The molecule has 60 valence electrons. The summed E-state index contributed by atoms with van der Waals surface area (Å²) in [6, 6.07) is 0. The number of hydrogen-bond acceptors (Lipinski definition) is 3. The van der Waals surface area contributed by atoms with Crippen molar-refractivity contribution >= 4 is 12.3 Å². The van der Waals surface area contributed by atoms with Crippen LogP contribution < -0.4 is 0 Å². The van der Waals surface area contributed by atoms with Crippen LogP contribution in [0.25, 0.3) is 0 Å². The minimum Gasteiger partial charge on any atom is -0.462 e. The van der Waals surface area contributed by atoms with Crippen LogP contribution in [0.3, 0.4) is 0 Å². The van der Waals surface area contributed by atoms with Crippen LogP contribution >= 0.6 is 0 Å². The molecular formula is C8H10O3. The zero-order valence-electron chi connectivity index (χ0n) is 6.42. The van der Waals surface area contributed by atoms with E-state index in [1.807, 2.05) is 0 Å². The van der Waals surface area contributed by atoms with Crippen LogP contribution in [-0.4, -0.2) is 18.9 Å². The molecule has 0 aromatic rings. The van der Waals surface area contributed by atoms with Crippen LogP contribution in [0, 0.1) is 0 Å². The molecular weight excluding hydrogens is 144 g/mol. The number of carbonyl (C=O) groups excluding carboxylic acids is 2. The molecule has 0 saturated carbocycles. The van der Waals surface area contributed by atoms with Crippen LogP contribution in [0.5, 0.6) is 0 Å². The molecule has 0 N–H and O–H groups in total. The van der Waals surface area contributed by atoms with Crippen molar-refractivity contribution in [1.29, 1.82) is 0 Å². The van der Waals surface area contributed by atoms with Gasteiger partial charge in [-0.15, -0.1) is 0 Å². The fourth-order valence-corrected chi connectivity index (χ4v) is 0.420. The van der Waals surface area contributed by atoms with Gasteiger partial charge < -0.3 is 4.74 Å². The molecule has 0 unspecified atom stereocenters. The number of ether oxygens (including phenoxy) is 1. The zero-order valence-corrected chi connectivity index (χ0v) is 6.42. The molecule has 0 aliphatic carbocycles. The summed E-state index contributed by atoms with van der Waals surface area (Å²) in [5.41, 5.74) is 0.0744. The fourth-order valence-electron chi connectivity index (χ4n) is 0.420. The molecule has 0 saturated heterocycles. The monoisotopic (exact) mass is 154 g/mol. The number of hydrogen-bond donors (Lipinski definition) is 0. The van der Waals surface area contributed by atoms with Gasteiger partial charge in [-0.1, -0.05) is 13.2 Å². The number of rotatable bonds is 4. The lowest BCUT2D eigenvalue weighted by atomic mass is 10.1. The molecule has 0 aliphatic heterocycles. The maximum absolute atomic E-state index is 10.8. The average Bonchev–Trinajstić information content (AvgIpc) is 2.02. The van der Waals surface area contributed by atoms with Gasteiger partial charge in [-0.2, -0.15) is 0 Å². The van der Waals surface area contributed by atoms with E-state index in [0.717, 1.165) is 0 Å². The summed E-state index contributed by atoms with van der Waals surface area (Å²) in [6.07, 6.45) is 0.471. The SMILES string of the molecule is C=C(C=O)C(=C)C(=O)OCC. The molecule has 0 spiro atoms. The zero-order chi connectivity index (χ0) is 8.85. The lowest BCUT2D eigenvalue weighted by molar-refractivity contribution is -0.138. The molecule has 0 aliphatic rings. The van der Waals surface area contributed by atoms with Gasteiger partial charge in [0.15, 0.2) is 0 Å². The van der Waals surface area contributed by atoms with Crippen molar-refractivity contribution < 1.29 is 14.3 Å². The quantitative estimate of drug-likeness (QED) is 0.261. The van der Waals surface area contributed by atoms with Crippen molar-refractivity contribution in [3.63, 3.8) is 0 Å². The molecule has 0 bridgehead atoms. The Labute approximate surface area is 65.4 Å². The Morgan fingerprint density at radius 2 is 2.09 bits per heavy atom. The lowest BCUT2D eigenvalue weighted by Gasteiger charge is -2.01. The first-order valence-electron chi connectivity index (χ1n) is 3.14. The third kappa shape index (κ3) is 2.80. The Morgan fingerprint density at radius 1 is 1.55 bits per heavy atom. The molecule has 0 fully saturated rings. The van der Waals surface area contributed by atoms with Gasteiger partial charge in [-0.25, -0.2) is 4.79 Å². The van der Waals surface area contributed by atoms with E-state index in [1.54, 1.807) is 6.92 Å². The number of aldehydes is 1. The van der Waals surface area contributed by atoms with Crippen molar-refractivity contribution in [2.24, 2.45) is 0 Å². The van der Waals surface area contributed by atoms with E-state index in [-0.39, 0.29) is 17.8 Å². The van der Waals surface area contributed by atoms with Crippen molar-refractivity contribution in [2.45, 2.75) is 6.92 Å². The van der Waals surface area contributed by atoms with Crippen molar-refractivity contribution in [1.82, 2.24) is 0 Å². The van der Waals surface area contributed by atoms with Gasteiger partial charge >= 0.3 is 5.97 Å². The second-order valence-corrected chi connectivity index (χ2v) is 1.84.